The Bertz CT molecular complexity index is 1120. The average Bonchev–Trinajstić information content (AvgIpc) is 2.64. The molecule has 0 spiro atoms. The maximum Gasteiger partial charge on any atom is 0.336 e. The van der Waals surface area contributed by atoms with Gasteiger partial charge in [-0.3, -0.25) is 9.78 Å². The fourth-order valence-electron chi connectivity index (χ4n) is 2.89. The number of benzene rings is 1. The number of aromatic carboxylic acids is 1. The minimum Gasteiger partial charge on any atom is -0.478 e. The van der Waals surface area contributed by atoms with E-state index in [9.17, 15) is 14.7 Å². The minimum absolute atomic E-state index is 0.0179. The molecule has 0 aliphatic heterocycles. The molecule has 0 saturated heterocycles. The smallest absolute Gasteiger partial charge is 0.336 e. The average molecular weight is 385 g/mol. The number of ether oxygens (including phenoxy) is 1. The Morgan fingerprint density at radius 3 is 2.67 bits per heavy atom. The first-order valence-electron chi connectivity index (χ1n) is 8.39. The summed E-state index contributed by atoms with van der Waals surface area (Å²) in [5.41, 5.74) is 1.91. The molecular formula is C19H19N3O4S. The van der Waals surface area contributed by atoms with Crippen molar-refractivity contribution in [3.05, 3.63) is 56.6 Å². The predicted octanol–water partition coefficient (Wildman–Crippen LogP) is 3.16. The number of H-pyrrole nitrogens is 1. The van der Waals surface area contributed by atoms with Crippen molar-refractivity contribution in [2.45, 2.75) is 19.9 Å². The van der Waals surface area contributed by atoms with Crippen LogP contribution >= 0.6 is 12.2 Å². The summed E-state index contributed by atoms with van der Waals surface area (Å²) in [6.07, 6.45) is 0.644. The highest BCUT2D eigenvalue weighted by Gasteiger charge is 2.18. The van der Waals surface area contributed by atoms with Gasteiger partial charge in [0.2, 0.25) is 0 Å². The molecule has 0 atom stereocenters. The van der Waals surface area contributed by atoms with Crippen LogP contribution in [0.3, 0.4) is 0 Å². The fraction of sp³-hybridized carbons (Fsp3) is 0.263. The second-order valence-electron chi connectivity index (χ2n) is 6.18. The van der Waals surface area contributed by atoms with E-state index in [4.69, 9.17) is 17.0 Å². The number of carboxylic acids is 1. The van der Waals surface area contributed by atoms with E-state index in [2.05, 4.69) is 9.97 Å². The van der Waals surface area contributed by atoms with E-state index in [1.54, 1.807) is 11.7 Å². The van der Waals surface area contributed by atoms with Crippen molar-refractivity contribution in [1.29, 1.82) is 0 Å². The quantitative estimate of drug-likeness (QED) is 0.500. The Hall–Kier alpha value is -2.84. The monoisotopic (exact) mass is 385 g/mol. The lowest BCUT2D eigenvalue weighted by Crippen LogP contribution is -2.19. The van der Waals surface area contributed by atoms with E-state index in [0.717, 1.165) is 11.1 Å². The van der Waals surface area contributed by atoms with Gasteiger partial charge in [0.1, 0.15) is 5.65 Å². The van der Waals surface area contributed by atoms with Crippen LogP contribution in [0.4, 0.5) is 0 Å². The van der Waals surface area contributed by atoms with Crippen LogP contribution in [0, 0.1) is 11.7 Å². The van der Waals surface area contributed by atoms with Crippen molar-refractivity contribution in [3.8, 4) is 11.3 Å². The van der Waals surface area contributed by atoms with E-state index >= 15 is 0 Å². The zero-order chi connectivity index (χ0) is 19.6. The molecule has 0 aliphatic rings. The number of fused-ring (bicyclic) bond motifs is 1. The highest BCUT2D eigenvalue weighted by molar-refractivity contribution is 7.71. The summed E-state index contributed by atoms with van der Waals surface area (Å²) in [6.45, 7) is 2.92. The molecule has 0 unspecified atom stereocenters. The van der Waals surface area contributed by atoms with Crippen LogP contribution < -0.4 is 5.56 Å². The number of methoxy groups -OCH3 is 1. The molecule has 2 heterocycles. The summed E-state index contributed by atoms with van der Waals surface area (Å²) in [5.74, 6) is -1.19. The first-order chi connectivity index (χ1) is 12.9. The number of nitrogens with one attached hydrogen (secondary N) is 1. The molecule has 0 saturated carbocycles. The molecule has 1 aromatic carbocycles. The highest BCUT2D eigenvalue weighted by atomic mass is 32.1. The standard InChI is InChI=1S/C19H19N3O4S/c1-11-4-6-12(7-5-11)14-10-13(18(24)25)15-16(20-14)22(8-3-9-26-2)19(27)21-17(15)23/h4-7,10H,3,8-9H2,1-2H3,(H,24,25)(H,21,23,27). The molecule has 8 heteroatoms. The molecule has 27 heavy (non-hydrogen) atoms. The van der Waals surface area contributed by atoms with Crippen LogP contribution in [0.25, 0.3) is 22.3 Å². The summed E-state index contributed by atoms with van der Waals surface area (Å²) in [6, 6.07) is 9.00. The van der Waals surface area contributed by atoms with Crippen molar-refractivity contribution in [2.24, 2.45) is 0 Å². The van der Waals surface area contributed by atoms with Gasteiger partial charge >= 0.3 is 5.97 Å². The molecule has 2 aromatic heterocycles. The third-order valence-corrected chi connectivity index (χ3v) is 4.58. The molecule has 7 nitrogen and oxygen atoms in total. The fourth-order valence-corrected chi connectivity index (χ4v) is 3.16. The predicted molar refractivity (Wildman–Crippen MR) is 105 cm³/mol. The molecule has 2 N–H and O–H groups in total. The van der Waals surface area contributed by atoms with Gasteiger partial charge in [-0.25, -0.2) is 9.78 Å². The minimum atomic E-state index is -1.19. The molecule has 0 fully saturated rings. The third kappa shape index (κ3) is 3.81. The normalized spacial score (nSPS) is 11.0. The molecular weight excluding hydrogens is 366 g/mol. The van der Waals surface area contributed by atoms with Gasteiger partial charge in [0, 0.05) is 25.8 Å². The third-order valence-electron chi connectivity index (χ3n) is 4.26. The number of nitrogens with zero attached hydrogens (tertiary/aromatic N) is 2. The molecule has 0 radical (unpaired) electrons. The second-order valence-corrected chi connectivity index (χ2v) is 6.57. The maximum atomic E-state index is 12.4. The molecule has 0 bridgehead atoms. The van der Waals surface area contributed by atoms with Crippen molar-refractivity contribution in [2.75, 3.05) is 13.7 Å². The summed E-state index contributed by atoms with van der Waals surface area (Å²) in [4.78, 5) is 31.4. The first kappa shape index (κ1) is 18.9. The van der Waals surface area contributed by atoms with Gasteiger partial charge in [0.25, 0.3) is 5.56 Å². The SMILES string of the molecule is COCCCn1c(=S)[nH]c(=O)c2c(C(=O)O)cc(-c3ccc(C)cc3)nc21. The Morgan fingerprint density at radius 1 is 1.33 bits per heavy atom. The molecule has 0 aliphatic carbocycles. The topological polar surface area (TPSA) is 97.2 Å². The van der Waals surface area contributed by atoms with Gasteiger partial charge in [0.05, 0.1) is 16.6 Å². The van der Waals surface area contributed by atoms with Gasteiger partial charge < -0.3 is 14.4 Å². The van der Waals surface area contributed by atoms with Gasteiger partial charge in [-0.2, -0.15) is 0 Å². The van der Waals surface area contributed by atoms with Crippen LogP contribution in [0.1, 0.15) is 22.3 Å². The molecule has 3 rings (SSSR count). The van der Waals surface area contributed by atoms with Crippen molar-refractivity contribution < 1.29 is 14.6 Å². The second kappa shape index (κ2) is 7.81. The van der Waals surface area contributed by atoms with E-state index in [0.29, 0.717) is 25.3 Å². The number of aromatic amines is 1. The van der Waals surface area contributed by atoms with Crippen molar-refractivity contribution in [1.82, 2.24) is 14.5 Å². The number of hydrogen-bond donors (Lipinski definition) is 2. The zero-order valence-electron chi connectivity index (χ0n) is 15.0. The van der Waals surface area contributed by atoms with Crippen molar-refractivity contribution in [3.63, 3.8) is 0 Å². The Balaban J connectivity index is 2.32. The number of aryl methyl sites for hydroxylation is 2. The summed E-state index contributed by atoms with van der Waals surface area (Å²) in [7, 11) is 1.60. The number of carbonyl (C=O) groups is 1. The van der Waals surface area contributed by atoms with Crippen LogP contribution in [-0.4, -0.2) is 39.3 Å². The van der Waals surface area contributed by atoms with Gasteiger partial charge in [-0.15, -0.1) is 0 Å². The van der Waals surface area contributed by atoms with E-state index in [-0.39, 0.29) is 21.4 Å². The number of rotatable bonds is 6. The first-order valence-corrected chi connectivity index (χ1v) is 8.80. The van der Waals surface area contributed by atoms with E-state index in [1.807, 2.05) is 31.2 Å². The Kier molecular flexibility index (Phi) is 5.48. The molecule has 0 amide bonds. The number of pyridine rings is 1. The summed E-state index contributed by atoms with van der Waals surface area (Å²) in [5, 5.41) is 9.68. The largest absolute Gasteiger partial charge is 0.478 e. The lowest BCUT2D eigenvalue weighted by molar-refractivity contribution is 0.0699. The van der Waals surface area contributed by atoms with Crippen LogP contribution in [0.5, 0.6) is 0 Å². The van der Waals surface area contributed by atoms with E-state index < -0.39 is 11.5 Å². The molecule has 140 valence electrons. The summed E-state index contributed by atoms with van der Waals surface area (Å²) < 4.78 is 6.92. The Labute approximate surface area is 160 Å². The lowest BCUT2D eigenvalue weighted by atomic mass is 10.1. The van der Waals surface area contributed by atoms with Crippen LogP contribution in [0.15, 0.2) is 35.1 Å². The molecule has 3 aromatic rings. The van der Waals surface area contributed by atoms with Gasteiger partial charge in [-0.1, -0.05) is 29.8 Å². The summed E-state index contributed by atoms with van der Waals surface area (Å²) >= 11 is 5.28. The van der Waals surface area contributed by atoms with Crippen LogP contribution in [0.2, 0.25) is 0 Å². The lowest BCUT2D eigenvalue weighted by Gasteiger charge is -2.13. The number of aromatic nitrogens is 3. The highest BCUT2D eigenvalue weighted by Crippen LogP contribution is 2.24. The van der Waals surface area contributed by atoms with Gasteiger partial charge in [0.15, 0.2) is 4.77 Å². The zero-order valence-corrected chi connectivity index (χ0v) is 15.8. The number of hydrogen-bond acceptors (Lipinski definition) is 5. The maximum absolute atomic E-state index is 12.4. The Morgan fingerprint density at radius 2 is 2.04 bits per heavy atom. The van der Waals surface area contributed by atoms with Crippen molar-refractivity contribution >= 4 is 29.2 Å². The van der Waals surface area contributed by atoms with Gasteiger partial charge in [-0.05, 0) is 31.6 Å². The van der Waals surface area contributed by atoms with Crippen LogP contribution in [-0.2, 0) is 11.3 Å². The van der Waals surface area contributed by atoms with E-state index in [1.165, 1.54) is 6.07 Å². The number of carboxylic acid groups (broad SMARTS) is 1.